The van der Waals surface area contributed by atoms with Gasteiger partial charge in [-0.05, 0) is 69.2 Å². The molecule has 1 aromatic heterocycles. The minimum absolute atomic E-state index is 0.0885. The van der Waals surface area contributed by atoms with Crippen molar-refractivity contribution >= 4 is 5.91 Å². The van der Waals surface area contributed by atoms with Crippen LogP contribution < -0.4 is 0 Å². The lowest BCUT2D eigenvalue weighted by Crippen LogP contribution is -2.51. The van der Waals surface area contributed by atoms with Crippen LogP contribution in [-0.4, -0.2) is 76.9 Å². The number of piperidine rings is 1. The van der Waals surface area contributed by atoms with E-state index in [9.17, 15) is 4.79 Å². The van der Waals surface area contributed by atoms with Crippen molar-refractivity contribution in [2.24, 2.45) is 11.8 Å². The molecule has 1 aliphatic carbocycles. The summed E-state index contributed by atoms with van der Waals surface area (Å²) in [4.78, 5) is 24.4. The van der Waals surface area contributed by atoms with Crippen LogP contribution in [-0.2, 0) is 0 Å². The van der Waals surface area contributed by atoms with Gasteiger partial charge in [-0.3, -0.25) is 19.6 Å². The Morgan fingerprint density at radius 1 is 1.11 bits per heavy atom. The lowest BCUT2D eigenvalue weighted by atomic mass is 9.98. The lowest BCUT2D eigenvalue weighted by Gasteiger charge is -2.40. The van der Waals surface area contributed by atoms with E-state index >= 15 is 0 Å². The highest BCUT2D eigenvalue weighted by Crippen LogP contribution is 2.32. The molecule has 5 nitrogen and oxygen atoms in total. The number of rotatable bonds is 5. The minimum atomic E-state index is 0.0885. The Morgan fingerprint density at radius 3 is 2.54 bits per heavy atom. The maximum atomic E-state index is 12.7. The van der Waals surface area contributed by atoms with E-state index in [1.807, 2.05) is 23.1 Å². The molecule has 3 fully saturated rings. The Labute approximate surface area is 170 Å². The first-order valence-electron chi connectivity index (χ1n) is 11.3. The zero-order valence-corrected chi connectivity index (χ0v) is 17.6. The van der Waals surface area contributed by atoms with Gasteiger partial charge >= 0.3 is 0 Å². The number of likely N-dealkylation sites (tertiary alicyclic amines) is 1. The van der Waals surface area contributed by atoms with Gasteiger partial charge < -0.3 is 4.90 Å². The van der Waals surface area contributed by atoms with Gasteiger partial charge in [-0.25, -0.2) is 0 Å². The van der Waals surface area contributed by atoms with Crippen LogP contribution in [0.15, 0.2) is 24.4 Å². The second-order valence-electron chi connectivity index (χ2n) is 9.34. The van der Waals surface area contributed by atoms with Crippen molar-refractivity contribution in [3.63, 3.8) is 0 Å². The number of hydrogen-bond donors (Lipinski definition) is 0. The average Bonchev–Trinajstić information content (AvgIpc) is 3.55. The van der Waals surface area contributed by atoms with Gasteiger partial charge in [0.2, 0.25) is 0 Å². The van der Waals surface area contributed by atoms with Crippen LogP contribution in [0.1, 0.15) is 56.4 Å². The van der Waals surface area contributed by atoms with Crippen LogP contribution in [0.3, 0.4) is 0 Å². The Morgan fingerprint density at radius 2 is 1.89 bits per heavy atom. The Kier molecular flexibility index (Phi) is 6.32. The minimum Gasteiger partial charge on any atom is -0.337 e. The summed E-state index contributed by atoms with van der Waals surface area (Å²) in [6.07, 6.45) is 8.04. The Hall–Kier alpha value is -1.46. The molecule has 1 saturated carbocycles. The second-order valence-corrected chi connectivity index (χ2v) is 9.34. The van der Waals surface area contributed by atoms with Crippen LogP contribution in [0.5, 0.6) is 0 Å². The fourth-order valence-electron chi connectivity index (χ4n) is 5.00. The van der Waals surface area contributed by atoms with Crippen LogP contribution in [0, 0.1) is 11.8 Å². The van der Waals surface area contributed by atoms with E-state index < -0.39 is 0 Å². The van der Waals surface area contributed by atoms with Crippen molar-refractivity contribution in [3.05, 3.63) is 30.1 Å². The molecule has 0 spiro atoms. The van der Waals surface area contributed by atoms with Gasteiger partial charge in [0.25, 0.3) is 5.91 Å². The maximum Gasteiger partial charge on any atom is 0.272 e. The predicted octanol–water partition coefficient (Wildman–Crippen LogP) is 3.13. The largest absolute Gasteiger partial charge is 0.337 e. The predicted molar refractivity (Wildman–Crippen MR) is 112 cm³/mol. The van der Waals surface area contributed by atoms with Gasteiger partial charge in [0.05, 0.1) is 0 Å². The van der Waals surface area contributed by atoms with Gasteiger partial charge in [-0.1, -0.05) is 19.9 Å². The summed E-state index contributed by atoms with van der Waals surface area (Å²) in [6.45, 7) is 11.5. The summed E-state index contributed by atoms with van der Waals surface area (Å²) < 4.78 is 0. The molecule has 0 N–H and O–H groups in total. The van der Waals surface area contributed by atoms with Gasteiger partial charge in [-0.15, -0.1) is 0 Å². The van der Waals surface area contributed by atoms with E-state index in [-0.39, 0.29) is 5.91 Å². The third kappa shape index (κ3) is 4.74. The molecule has 2 saturated heterocycles. The summed E-state index contributed by atoms with van der Waals surface area (Å²) in [6, 6.07) is 6.88. The van der Waals surface area contributed by atoms with E-state index in [1.54, 1.807) is 6.20 Å². The molecule has 1 amide bonds. The number of carbonyl (C=O) groups is 1. The highest BCUT2D eigenvalue weighted by Gasteiger charge is 2.35. The summed E-state index contributed by atoms with van der Waals surface area (Å²) in [7, 11) is 0. The fourth-order valence-corrected chi connectivity index (χ4v) is 5.00. The van der Waals surface area contributed by atoms with E-state index in [1.165, 1.54) is 45.4 Å². The zero-order valence-electron chi connectivity index (χ0n) is 17.6. The zero-order chi connectivity index (χ0) is 19.5. The monoisotopic (exact) mass is 384 g/mol. The first-order chi connectivity index (χ1) is 13.6. The van der Waals surface area contributed by atoms with E-state index in [4.69, 9.17) is 0 Å². The molecule has 4 rings (SSSR count). The van der Waals surface area contributed by atoms with Crippen molar-refractivity contribution in [1.82, 2.24) is 19.7 Å². The SMILES string of the molecule is CC(C)[C@@H]1CN(C2CCN(C(=O)c3ccccn3)CC2)CCCN1CC1CC1. The number of aromatic nitrogens is 1. The molecule has 3 heterocycles. The highest BCUT2D eigenvalue weighted by atomic mass is 16.2. The molecule has 0 bridgehead atoms. The van der Waals surface area contributed by atoms with Crippen molar-refractivity contribution in [3.8, 4) is 0 Å². The molecule has 1 atom stereocenters. The fraction of sp³-hybridized carbons (Fsp3) is 0.739. The van der Waals surface area contributed by atoms with Gasteiger partial charge in [0.1, 0.15) is 5.69 Å². The third-order valence-electron chi connectivity index (χ3n) is 6.89. The summed E-state index contributed by atoms with van der Waals surface area (Å²) in [5.74, 6) is 1.75. The summed E-state index contributed by atoms with van der Waals surface area (Å²) in [5.41, 5.74) is 0.575. The molecule has 2 aliphatic heterocycles. The number of nitrogens with zero attached hydrogens (tertiary/aromatic N) is 4. The number of amides is 1. The third-order valence-corrected chi connectivity index (χ3v) is 6.89. The Balaban J connectivity index is 1.34. The summed E-state index contributed by atoms with van der Waals surface area (Å²) >= 11 is 0. The van der Waals surface area contributed by atoms with Crippen molar-refractivity contribution in [2.45, 2.75) is 58.0 Å². The van der Waals surface area contributed by atoms with E-state index in [2.05, 4.69) is 28.6 Å². The lowest BCUT2D eigenvalue weighted by molar-refractivity contribution is 0.0570. The maximum absolute atomic E-state index is 12.7. The molecular formula is C23H36N4O. The highest BCUT2D eigenvalue weighted by molar-refractivity contribution is 5.92. The average molecular weight is 385 g/mol. The molecule has 0 unspecified atom stereocenters. The van der Waals surface area contributed by atoms with Crippen LogP contribution >= 0.6 is 0 Å². The van der Waals surface area contributed by atoms with Crippen molar-refractivity contribution < 1.29 is 4.79 Å². The second kappa shape index (κ2) is 8.91. The normalized spacial score (nSPS) is 25.8. The molecule has 3 aliphatic rings. The standard InChI is InChI=1S/C23H36N4O/c1-18(2)22-17-26(12-5-13-27(22)16-19-7-8-19)20-9-14-25(15-10-20)23(28)21-6-3-4-11-24-21/h3-4,6,11,18-20,22H,5,7-10,12-17H2,1-2H3/t22-/m0/s1. The van der Waals surface area contributed by atoms with Crippen LogP contribution in [0.4, 0.5) is 0 Å². The molecule has 0 radical (unpaired) electrons. The van der Waals surface area contributed by atoms with Crippen molar-refractivity contribution in [2.75, 3.05) is 39.3 Å². The summed E-state index contributed by atoms with van der Waals surface area (Å²) in [5, 5.41) is 0. The topological polar surface area (TPSA) is 39.7 Å². The van der Waals surface area contributed by atoms with Crippen LogP contribution in [0.2, 0.25) is 0 Å². The smallest absolute Gasteiger partial charge is 0.272 e. The molecule has 0 aromatic carbocycles. The van der Waals surface area contributed by atoms with Gasteiger partial charge in [0, 0.05) is 44.5 Å². The van der Waals surface area contributed by atoms with E-state index in [0.29, 0.717) is 23.7 Å². The first-order valence-corrected chi connectivity index (χ1v) is 11.3. The van der Waals surface area contributed by atoms with E-state index in [0.717, 1.165) is 31.8 Å². The molecule has 28 heavy (non-hydrogen) atoms. The van der Waals surface area contributed by atoms with Gasteiger partial charge in [0.15, 0.2) is 0 Å². The Bertz CT molecular complexity index is 637. The molecule has 1 aromatic rings. The van der Waals surface area contributed by atoms with Crippen LogP contribution in [0.25, 0.3) is 0 Å². The molecule has 5 heteroatoms. The molecular weight excluding hydrogens is 348 g/mol. The quantitative estimate of drug-likeness (QED) is 0.782. The number of hydrogen-bond acceptors (Lipinski definition) is 4. The number of pyridine rings is 1. The van der Waals surface area contributed by atoms with Crippen molar-refractivity contribution in [1.29, 1.82) is 0 Å². The van der Waals surface area contributed by atoms with Gasteiger partial charge in [-0.2, -0.15) is 0 Å². The number of carbonyl (C=O) groups excluding carboxylic acids is 1. The molecule has 154 valence electrons. The first kappa shape index (κ1) is 19.8.